The summed E-state index contributed by atoms with van der Waals surface area (Å²) in [5.41, 5.74) is 2.42. The molecule has 128 valence electrons. The minimum absolute atomic E-state index is 0.0609. The zero-order valence-corrected chi connectivity index (χ0v) is 13.8. The van der Waals surface area contributed by atoms with Gasteiger partial charge in [-0.05, 0) is 31.0 Å². The molecule has 0 spiro atoms. The number of nitrogens with zero attached hydrogens (tertiary/aromatic N) is 3. The van der Waals surface area contributed by atoms with Crippen LogP contribution in [-0.4, -0.2) is 25.7 Å². The number of fused-ring (bicyclic) bond motifs is 1. The smallest absolute Gasteiger partial charge is 0.230 e. The molecular weight excluding hydrogens is 321 g/mol. The Morgan fingerprint density at radius 2 is 2.16 bits per heavy atom. The third-order valence-electron chi connectivity index (χ3n) is 4.63. The monoisotopic (exact) mass is 339 g/mol. The fraction of sp³-hybridized carbons (Fsp3) is 0.278. The number of aryl methyl sites for hydroxylation is 2. The van der Waals surface area contributed by atoms with Gasteiger partial charge in [-0.25, -0.2) is 9.37 Å². The highest BCUT2D eigenvalue weighted by Gasteiger charge is 2.26. The molecule has 3 heterocycles. The number of imidazole rings is 1. The number of rotatable bonds is 3. The van der Waals surface area contributed by atoms with Crippen molar-refractivity contribution < 1.29 is 9.18 Å². The van der Waals surface area contributed by atoms with Gasteiger partial charge in [0.1, 0.15) is 11.6 Å². The Labute approximate surface area is 144 Å². The van der Waals surface area contributed by atoms with E-state index < -0.39 is 0 Å². The molecular formula is C18H18FN5O. The lowest BCUT2D eigenvalue weighted by atomic mass is 9.98. The molecule has 1 amide bonds. The Morgan fingerprint density at radius 1 is 1.36 bits per heavy atom. The number of anilines is 1. The lowest BCUT2D eigenvalue weighted by Crippen LogP contribution is -2.31. The van der Waals surface area contributed by atoms with Crippen molar-refractivity contribution in [3.63, 3.8) is 0 Å². The van der Waals surface area contributed by atoms with Crippen LogP contribution in [0.3, 0.4) is 0 Å². The summed E-state index contributed by atoms with van der Waals surface area (Å²) in [7, 11) is 0. The van der Waals surface area contributed by atoms with Crippen LogP contribution in [-0.2, 0) is 17.8 Å². The van der Waals surface area contributed by atoms with Gasteiger partial charge in [-0.3, -0.25) is 9.89 Å². The third-order valence-corrected chi connectivity index (χ3v) is 4.63. The van der Waals surface area contributed by atoms with Crippen molar-refractivity contribution >= 4 is 11.7 Å². The predicted molar refractivity (Wildman–Crippen MR) is 91.4 cm³/mol. The first-order chi connectivity index (χ1) is 12.1. The molecule has 0 saturated carbocycles. The Hall–Kier alpha value is -2.96. The van der Waals surface area contributed by atoms with E-state index in [2.05, 4.69) is 20.5 Å². The topological polar surface area (TPSA) is 75.6 Å². The van der Waals surface area contributed by atoms with Gasteiger partial charge in [0.05, 0.1) is 5.92 Å². The molecule has 25 heavy (non-hydrogen) atoms. The minimum Gasteiger partial charge on any atom is -0.334 e. The second-order valence-corrected chi connectivity index (χ2v) is 6.30. The number of aromatic nitrogens is 4. The zero-order chi connectivity index (χ0) is 17.4. The third kappa shape index (κ3) is 2.93. The highest BCUT2D eigenvalue weighted by Crippen LogP contribution is 2.30. The van der Waals surface area contributed by atoms with E-state index in [-0.39, 0.29) is 17.6 Å². The van der Waals surface area contributed by atoms with Gasteiger partial charge < -0.3 is 9.88 Å². The fourth-order valence-electron chi connectivity index (χ4n) is 3.29. The van der Waals surface area contributed by atoms with Crippen LogP contribution in [0.5, 0.6) is 0 Å². The molecule has 1 aliphatic rings. The molecule has 7 heteroatoms. The Morgan fingerprint density at radius 3 is 2.96 bits per heavy atom. The van der Waals surface area contributed by atoms with Gasteiger partial charge in [0.2, 0.25) is 5.91 Å². The number of hydrogen-bond acceptors (Lipinski definition) is 3. The maximum Gasteiger partial charge on any atom is 0.230 e. The first kappa shape index (κ1) is 15.6. The number of amides is 1. The summed E-state index contributed by atoms with van der Waals surface area (Å²) in [6.45, 7) is 2.50. The number of carbonyl (C=O) groups is 1. The lowest BCUT2D eigenvalue weighted by Gasteiger charge is -2.22. The normalized spacial score (nSPS) is 16.5. The lowest BCUT2D eigenvalue weighted by molar-refractivity contribution is -0.120. The van der Waals surface area contributed by atoms with Crippen molar-refractivity contribution in [2.24, 2.45) is 5.92 Å². The number of nitrogens with one attached hydrogen (secondary N) is 2. The summed E-state index contributed by atoms with van der Waals surface area (Å²) in [5.74, 6) is 1.01. The quantitative estimate of drug-likeness (QED) is 0.770. The number of H-pyrrole nitrogens is 1. The van der Waals surface area contributed by atoms with Crippen molar-refractivity contribution in [1.29, 1.82) is 0 Å². The summed E-state index contributed by atoms with van der Waals surface area (Å²) in [5, 5.41) is 10.0. The first-order valence-corrected chi connectivity index (χ1v) is 8.23. The first-order valence-electron chi connectivity index (χ1n) is 8.23. The van der Waals surface area contributed by atoms with Crippen LogP contribution >= 0.6 is 0 Å². The molecule has 1 aromatic carbocycles. The maximum absolute atomic E-state index is 13.2. The second kappa shape index (κ2) is 6.16. The molecule has 0 aliphatic carbocycles. The van der Waals surface area contributed by atoms with Crippen molar-refractivity contribution in [3.05, 3.63) is 54.0 Å². The van der Waals surface area contributed by atoms with Gasteiger partial charge in [0, 0.05) is 36.6 Å². The zero-order valence-electron chi connectivity index (χ0n) is 13.8. The number of aromatic amines is 1. The van der Waals surface area contributed by atoms with Crippen LogP contribution in [0.4, 0.5) is 10.2 Å². The average Bonchev–Trinajstić information content (AvgIpc) is 3.22. The van der Waals surface area contributed by atoms with Crippen LogP contribution < -0.4 is 5.32 Å². The van der Waals surface area contributed by atoms with Gasteiger partial charge in [-0.1, -0.05) is 12.1 Å². The van der Waals surface area contributed by atoms with Crippen molar-refractivity contribution in [2.75, 3.05) is 5.32 Å². The summed E-state index contributed by atoms with van der Waals surface area (Å²) < 4.78 is 15.2. The molecule has 3 aromatic rings. The highest BCUT2D eigenvalue weighted by molar-refractivity contribution is 5.96. The van der Waals surface area contributed by atoms with E-state index in [0.717, 1.165) is 35.5 Å². The van der Waals surface area contributed by atoms with Gasteiger partial charge in [-0.2, -0.15) is 5.10 Å². The number of hydrogen-bond donors (Lipinski definition) is 2. The molecule has 1 aliphatic heterocycles. The number of benzene rings is 1. The van der Waals surface area contributed by atoms with E-state index in [0.29, 0.717) is 12.4 Å². The summed E-state index contributed by atoms with van der Waals surface area (Å²) in [4.78, 5) is 17.0. The van der Waals surface area contributed by atoms with Crippen LogP contribution in [0, 0.1) is 18.7 Å². The number of carbonyl (C=O) groups excluding carboxylic acids is 1. The van der Waals surface area contributed by atoms with Crippen LogP contribution in [0.1, 0.15) is 17.9 Å². The van der Waals surface area contributed by atoms with E-state index in [1.807, 2.05) is 17.7 Å². The van der Waals surface area contributed by atoms with E-state index >= 15 is 0 Å². The molecule has 1 unspecified atom stereocenters. The van der Waals surface area contributed by atoms with Gasteiger partial charge in [0.15, 0.2) is 5.82 Å². The Bertz CT molecular complexity index is 912. The van der Waals surface area contributed by atoms with E-state index in [1.165, 1.54) is 12.1 Å². The molecule has 0 saturated heterocycles. The molecule has 2 N–H and O–H groups in total. The van der Waals surface area contributed by atoms with E-state index in [4.69, 9.17) is 0 Å². The molecule has 0 radical (unpaired) electrons. The largest absolute Gasteiger partial charge is 0.334 e. The predicted octanol–water partition coefficient (Wildman–Crippen LogP) is 2.92. The summed E-state index contributed by atoms with van der Waals surface area (Å²) >= 11 is 0. The Balaban J connectivity index is 1.55. The highest BCUT2D eigenvalue weighted by atomic mass is 19.1. The summed E-state index contributed by atoms with van der Waals surface area (Å²) in [6.07, 6.45) is 5.21. The molecule has 2 aromatic heterocycles. The van der Waals surface area contributed by atoms with Gasteiger partial charge in [0.25, 0.3) is 0 Å². The van der Waals surface area contributed by atoms with E-state index in [1.54, 1.807) is 18.3 Å². The van der Waals surface area contributed by atoms with Crippen LogP contribution in [0.2, 0.25) is 0 Å². The average molecular weight is 339 g/mol. The molecule has 0 fully saturated rings. The van der Waals surface area contributed by atoms with Crippen molar-refractivity contribution in [3.8, 4) is 11.1 Å². The van der Waals surface area contributed by atoms with E-state index in [9.17, 15) is 9.18 Å². The maximum atomic E-state index is 13.2. The van der Waals surface area contributed by atoms with Crippen LogP contribution in [0.15, 0.2) is 36.7 Å². The Kier molecular flexibility index (Phi) is 3.83. The van der Waals surface area contributed by atoms with Crippen molar-refractivity contribution in [1.82, 2.24) is 19.7 Å². The minimum atomic E-state index is -0.297. The summed E-state index contributed by atoms with van der Waals surface area (Å²) in [6, 6.07) is 6.16. The second-order valence-electron chi connectivity index (χ2n) is 6.30. The van der Waals surface area contributed by atoms with Gasteiger partial charge >= 0.3 is 0 Å². The molecule has 1 atom stereocenters. The van der Waals surface area contributed by atoms with Crippen LogP contribution in [0.25, 0.3) is 11.1 Å². The molecule has 6 nitrogen and oxygen atoms in total. The number of halogens is 1. The SMILES string of the molecule is Cc1[nH]nc(NC(=O)C2CCc3nccn3C2)c1-c1ccc(F)cc1. The molecule has 0 bridgehead atoms. The van der Waals surface area contributed by atoms with Gasteiger partial charge in [-0.15, -0.1) is 0 Å². The van der Waals surface area contributed by atoms with Crippen molar-refractivity contribution in [2.45, 2.75) is 26.3 Å². The molecule has 4 rings (SSSR count). The standard InChI is InChI=1S/C18H18FN5O/c1-11-16(12-2-5-14(19)6-3-12)17(23-22-11)21-18(25)13-4-7-15-20-8-9-24(15)10-13/h2-3,5-6,8-9,13H,4,7,10H2,1H3,(H2,21,22,23,25). The fourth-order valence-corrected chi connectivity index (χ4v) is 3.29.